The maximum Gasteiger partial charge on any atom is 0.273 e. The first-order chi connectivity index (χ1) is 15.5. The van der Waals surface area contributed by atoms with Gasteiger partial charge in [-0.25, -0.2) is 0 Å². The Morgan fingerprint density at radius 1 is 0.938 bits per heavy atom. The van der Waals surface area contributed by atoms with Crippen molar-refractivity contribution >= 4 is 17.8 Å². The highest BCUT2D eigenvalue weighted by Crippen LogP contribution is 2.42. The van der Waals surface area contributed by atoms with E-state index in [9.17, 15) is 10.1 Å². The average molecular weight is 431 g/mol. The number of hydrogen-bond donors (Lipinski definition) is 0. The molecule has 3 aromatic carbocycles. The minimum atomic E-state index is -0.296. The molecule has 0 aliphatic heterocycles. The van der Waals surface area contributed by atoms with E-state index >= 15 is 0 Å². The van der Waals surface area contributed by atoms with Crippen LogP contribution in [0, 0.1) is 17.0 Å². The van der Waals surface area contributed by atoms with Crippen molar-refractivity contribution in [2.75, 3.05) is 14.2 Å². The van der Waals surface area contributed by atoms with Crippen molar-refractivity contribution in [1.29, 1.82) is 0 Å². The third-order valence-electron chi connectivity index (χ3n) is 5.68. The Bertz CT molecular complexity index is 1200. The standard InChI is InChI=1S/C26H25NO5/c1-17-14-24(27(28)29)22-8-5-9-23(22)26(17)32-21-12-13-25(31-3)19(16-21)11-10-18-6-4-7-20(15-18)30-2/h4,6-7,10-16H,5,8-9H2,1-3H3/b11-10+. The highest BCUT2D eigenvalue weighted by Gasteiger charge is 2.27. The molecular formula is C26H25NO5. The van der Waals surface area contributed by atoms with E-state index in [4.69, 9.17) is 14.2 Å². The Morgan fingerprint density at radius 2 is 1.75 bits per heavy atom. The molecule has 0 aromatic heterocycles. The van der Waals surface area contributed by atoms with Gasteiger partial charge in [-0.15, -0.1) is 0 Å². The average Bonchev–Trinajstić information content (AvgIpc) is 3.29. The molecule has 164 valence electrons. The molecule has 0 atom stereocenters. The molecule has 0 amide bonds. The molecule has 1 aliphatic carbocycles. The second-order valence-electron chi connectivity index (χ2n) is 7.73. The van der Waals surface area contributed by atoms with E-state index in [0.29, 0.717) is 12.2 Å². The number of ether oxygens (including phenoxy) is 3. The van der Waals surface area contributed by atoms with Gasteiger partial charge in [-0.1, -0.05) is 24.3 Å². The van der Waals surface area contributed by atoms with Crippen molar-refractivity contribution in [2.45, 2.75) is 26.2 Å². The molecule has 0 saturated heterocycles. The molecule has 6 nitrogen and oxygen atoms in total. The van der Waals surface area contributed by atoms with Gasteiger partial charge in [0.15, 0.2) is 0 Å². The Labute approximate surface area is 187 Å². The SMILES string of the molecule is COc1cccc(/C=C/c2cc(Oc3c(C)cc([N+](=O)[O-])c4c3CCC4)ccc2OC)c1. The van der Waals surface area contributed by atoms with Gasteiger partial charge in [0.2, 0.25) is 0 Å². The summed E-state index contributed by atoms with van der Waals surface area (Å²) in [7, 11) is 3.27. The monoisotopic (exact) mass is 431 g/mol. The predicted octanol–water partition coefficient (Wildman–Crippen LogP) is 6.37. The van der Waals surface area contributed by atoms with Gasteiger partial charge < -0.3 is 14.2 Å². The lowest BCUT2D eigenvalue weighted by Crippen LogP contribution is -2.00. The number of rotatable bonds is 7. The number of aryl methyl sites for hydroxylation is 1. The van der Waals surface area contributed by atoms with Crippen molar-refractivity contribution < 1.29 is 19.1 Å². The Morgan fingerprint density at radius 3 is 2.50 bits per heavy atom. The summed E-state index contributed by atoms with van der Waals surface area (Å²) in [5.41, 5.74) is 4.56. The molecule has 0 N–H and O–H groups in total. The highest BCUT2D eigenvalue weighted by atomic mass is 16.6. The molecule has 0 fully saturated rings. The normalized spacial score (nSPS) is 12.6. The number of fused-ring (bicyclic) bond motifs is 1. The van der Waals surface area contributed by atoms with Crippen LogP contribution in [-0.2, 0) is 12.8 Å². The maximum absolute atomic E-state index is 11.5. The van der Waals surface area contributed by atoms with E-state index in [0.717, 1.165) is 57.9 Å². The summed E-state index contributed by atoms with van der Waals surface area (Å²) in [6.07, 6.45) is 6.34. The van der Waals surface area contributed by atoms with Crippen LogP contribution in [0.5, 0.6) is 23.0 Å². The van der Waals surface area contributed by atoms with Gasteiger partial charge in [-0.05, 0) is 67.6 Å². The number of benzene rings is 3. The number of nitro groups is 1. The van der Waals surface area contributed by atoms with Crippen LogP contribution in [0.15, 0.2) is 48.5 Å². The van der Waals surface area contributed by atoms with Crippen molar-refractivity contribution in [3.63, 3.8) is 0 Å². The molecule has 6 heteroatoms. The van der Waals surface area contributed by atoms with Gasteiger partial charge in [0.25, 0.3) is 5.69 Å². The summed E-state index contributed by atoms with van der Waals surface area (Å²) in [6.45, 7) is 1.86. The summed E-state index contributed by atoms with van der Waals surface area (Å²) in [4.78, 5) is 11.2. The van der Waals surface area contributed by atoms with Crippen LogP contribution >= 0.6 is 0 Å². The molecule has 0 heterocycles. The van der Waals surface area contributed by atoms with E-state index in [2.05, 4.69) is 0 Å². The molecule has 0 radical (unpaired) electrons. The molecule has 0 bridgehead atoms. The van der Waals surface area contributed by atoms with Crippen LogP contribution in [0.1, 0.15) is 34.2 Å². The first-order valence-corrected chi connectivity index (χ1v) is 10.5. The molecule has 3 aromatic rings. The molecule has 0 spiro atoms. The Balaban J connectivity index is 1.67. The Kier molecular flexibility index (Phi) is 6.12. The van der Waals surface area contributed by atoms with Crippen molar-refractivity contribution in [1.82, 2.24) is 0 Å². The molecule has 4 rings (SSSR count). The third kappa shape index (κ3) is 4.30. The fraction of sp³-hybridized carbons (Fsp3) is 0.231. The molecule has 32 heavy (non-hydrogen) atoms. The van der Waals surface area contributed by atoms with Gasteiger partial charge in [-0.3, -0.25) is 10.1 Å². The van der Waals surface area contributed by atoms with E-state index in [1.54, 1.807) is 20.3 Å². The van der Waals surface area contributed by atoms with Crippen LogP contribution < -0.4 is 14.2 Å². The molecular weight excluding hydrogens is 406 g/mol. The second-order valence-corrected chi connectivity index (χ2v) is 7.73. The highest BCUT2D eigenvalue weighted by molar-refractivity contribution is 5.74. The smallest absolute Gasteiger partial charge is 0.273 e. The molecule has 0 unspecified atom stereocenters. The van der Waals surface area contributed by atoms with Crippen molar-refractivity contribution in [3.8, 4) is 23.0 Å². The number of hydrogen-bond acceptors (Lipinski definition) is 5. The van der Waals surface area contributed by atoms with E-state index in [1.165, 1.54) is 0 Å². The van der Waals surface area contributed by atoms with Crippen LogP contribution in [-0.4, -0.2) is 19.1 Å². The summed E-state index contributed by atoms with van der Waals surface area (Å²) < 4.78 is 17.1. The number of nitro benzene ring substituents is 1. The van der Waals surface area contributed by atoms with Crippen LogP contribution in [0.3, 0.4) is 0 Å². The first-order valence-electron chi connectivity index (χ1n) is 10.5. The minimum absolute atomic E-state index is 0.194. The fourth-order valence-electron chi connectivity index (χ4n) is 4.13. The predicted molar refractivity (Wildman–Crippen MR) is 125 cm³/mol. The minimum Gasteiger partial charge on any atom is -0.497 e. The van der Waals surface area contributed by atoms with Crippen molar-refractivity contribution in [2.24, 2.45) is 0 Å². The van der Waals surface area contributed by atoms with Gasteiger partial charge in [-0.2, -0.15) is 0 Å². The summed E-state index contributed by atoms with van der Waals surface area (Å²) >= 11 is 0. The van der Waals surface area contributed by atoms with E-state index < -0.39 is 0 Å². The molecule has 1 aliphatic rings. The molecule has 0 saturated carbocycles. The summed E-state index contributed by atoms with van der Waals surface area (Å²) in [5, 5.41) is 11.5. The lowest BCUT2D eigenvalue weighted by molar-refractivity contribution is -0.385. The lowest BCUT2D eigenvalue weighted by atomic mass is 10.0. The second kappa shape index (κ2) is 9.14. The largest absolute Gasteiger partial charge is 0.497 e. The van der Waals surface area contributed by atoms with Gasteiger partial charge in [0.05, 0.1) is 19.1 Å². The first kappa shape index (κ1) is 21.4. The Hall–Kier alpha value is -3.80. The van der Waals surface area contributed by atoms with Gasteiger partial charge in [0, 0.05) is 22.8 Å². The maximum atomic E-state index is 11.5. The zero-order valence-electron chi connectivity index (χ0n) is 18.4. The summed E-state index contributed by atoms with van der Waals surface area (Å²) in [5.74, 6) is 2.89. The van der Waals surface area contributed by atoms with Gasteiger partial charge >= 0.3 is 0 Å². The van der Waals surface area contributed by atoms with Gasteiger partial charge in [0.1, 0.15) is 23.0 Å². The quantitative estimate of drug-likeness (QED) is 0.247. The van der Waals surface area contributed by atoms with Crippen molar-refractivity contribution in [3.05, 3.63) is 86.5 Å². The van der Waals surface area contributed by atoms with E-state index in [1.807, 2.05) is 61.5 Å². The zero-order valence-corrected chi connectivity index (χ0v) is 18.4. The van der Waals surface area contributed by atoms with Crippen LogP contribution in [0.2, 0.25) is 0 Å². The topological polar surface area (TPSA) is 70.8 Å². The third-order valence-corrected chi connectivity index (χ3v) is 5.68. The fourth-order valence-corrected chi connectivity index (χ4v) is 4.13. The summed E-state index contributed by atoms with van der Waals surface area (Å²) in [6, 6.07) is 15.0. The number of methoxy groups -OCH3 is 2. The van der Waals surface area contributed by atoms with Crippen LogP contribution in [0.25, 0.3) is 12.2 Å². The van der Waals surface area contributed by atoms with E-state index in [-0.39, 0.29) is 10.6 Å². The zero-order chi connectivity index (χ0) is 22.7. The lowest BCUT2D eigenvalue weighted by Gasteiger charge is -2.15. The van der Waals surface area contributed by atoms with Crippen LogP contribution in [0.4, 0.5) is 5.69 Å². The number of nitrogens with zero attached hydrogens (tertiary/aromatic N) is 1.